The fourth-order valence-corrected chi connectivity index (χ4v) is 2.16. The second kappa shape index (κ2) is 3.79. The van der Waals surface area contributed by atoms with Crippen LogP contribution in [0.5, 0.6) is 0 Å². The first-order chi connectivity index (χ1) is 6.59. The largest absolute Gasteiger partial charge is 0.0836 e. The predicted octanol–water partition coefficient (Wildman–Crippen LogP) is 5.41. The van der Waals surface area contributed by atoms with Crippen LogP contribution >= 0.6 is 46.4 Å². The lowest BCUT2D eigenvalue weighted by Gasteiger charge is -1.92. The molecule has 0 saturated heterocycles. The van der Waals surface area contributed by atoms with Gasteiger partial charge >= 0.3 is 0 Å². The van der Waals surface area contributed by atoms with Crippen molar-refractivity contribution in [3.63, 3.8) is 0 Å². The van der Waals surface area contributed by atoms with Crippen molar-refractivity contribution in [1.29, 1.82) is 0 Å². The number of halogens is 4. The van der Waals surface area contributed by atoms with E-state index in [-0.39, 0.29) is 0 Å². The minimum absolute atomic E-state index is 0.464. The fraction of sp³-hybridized carbons (Fsp3) is 0. The van der Waals surface area contributed by atoms with Crippen molar-refractivity contribution in [2.75, 3.05) is 0 Å². The molecule has 0 saturated carbocycles. The van der Waals surface area contributed by atoms with E-state index in [2.05, 4.69) is 0 Å². The summed E-state index contributed by atoms with van der Waals surface area (Å²) in [6.45, 7) is 0. The van der Waals surface area contributed by atoms with Gasteiger partial charge in [0.05, 0.1) is 10.0 Å². The summed E-state index contributed by atoms with van der Waals surface area (Å²) in [7, 11) is 0. The highest BCUT2D eigenvalue weighted by molar-refractivity contribution is 6.43. The maximum atomic E-state index is 5.97. The summed E-state index contributed by atoms with van der Waals surface area (Å²) >= 11 is 23.7. The van der Waals surface area contributed by atoms with Crippen molar-refractivity contribution in [3.8, 4) is 11.1 Å². The molecule has 0 radical (unpaired) electrons. The predicted molar refractivity (Wildman–Crippen MR) is 63.1 cm³/mol. The molecule has 0 aromatic heterocycles. The lowest BCUT2D eigenvalue weighted by Crippen LogP contribution is -1.66. The van der Waals surface area contributed by atoms with Gasteiger partial charge in [-0.1, -0.05) is 52.5 Å². The molecule has 0 nitrogen and oxygen atoms in total. The van der Waals surface area contributed by atoms with Gasteiger partial charge in [-0.05, 0) is 18.2 Å². The van der Waals surface area contributed by atoms with Gasteiger partial charge in [0.25, 0.3) is 0 Å². The number of rotatable bonds is 0. The molecule has 0 spiro atoms. The van der Waals surface area contributed by atoms with Crippen LogP contribution in [0.15, 0.2) is 24.3 Å². The zero-order chi connectivity index (χ0) is 10.3. The van der Waals surface area contributed by atoms with Gasteiger partial charge in [-0.3, -0.25) is 0 Å². The monoisotopic (exact) mass is 264 g/mol. The molecule has 0 amide bonds. The minimum Gasteiger partial charge on any atom is -0.0836 e. The minimum atomic E-state index is 0.464. The van der Waals surface area contributed by atoms with Gasteiger partial charge < -0.3 is 0 Å². The Morgan fingerprint density at radius 3 is 1.93 bits per heavy atom. The molecule has 0 unspecified atom stereocenters. The van der Waals surface area contributed by atoms with E-state index in [1.807, 2.05) is 0 Å². The van der Waals surface area contributed by atoms with Crippen LogP contribution in [0.1, 0.15) is 0 Å². The van der Waals surface area contributed by atoms with Crippen molar-refractivity contribution in [3.05, 3.63) is 44.4 Å². The number of hydrogen-bond donors (Lipinski definition) is 0. The van der Waals surface area contributed by atoms with Gasteiger partial charge in [0.1, 0.15) is 0 Å². The molecular weight excluding hydrogens is 262 g/mol. The summed E-state index contributed by atoms with van der Waals surface area (Å²) in [5.41, 5.74) is 1.67. The maximum Gasteiger partial charge on any atom is 0.0599 e. The summed E-state index contributed by atoms with van der Waals surface area (Å²) in [6, 6.07) is 6.91. The second-order valence-electron chi connectivity index (χ2n) is 2.84. The summed E-state index contributed by atoms with van der Waals surface area (Å²) in [5.74, 6) is 0. The van der Waals surface area contributed by atoms with Crippen LogP contribution in [0, 0.1) is 0 Å². The molecule has 2 aliphatic rings. The maximum absolute atomic E-state index is 5.97. The Balaban J connectivity index is 2.82. The highest BCUT2D eigenvalue weighted by Crippen LogP contribution is 2.40. The van der Waals surface area contributed by atoms with Gasteiger partial charge in [0.15, 0.2) is 0 Å². The lowest BCUT2D eigenvalue weighted by molar-refractivity contribution is 1.83. The SMILES string of the molecule is Clc1ccc2c(Cl)cc(Cl)c-2cc1Cl. The highest BCUT2D eigenvalue weighted by Gasteiger charge is 2.13. The van der Waals surface area contributed by atoms with Crippen molar-refractivity contribution < 1.29 is 0 Å². The average Bonchev–Trinajstić information content (AvgIpc) is 2.31. The quantitative estimate of drug-likeness (QED) is 0.598. The Labute approximate surface area is 102 Å². The molecule has 0 atom stereocenters. The van der Waals surface area contributed by atoms with Gasteiger partial charge in [-0.25, -0.2) is 0 Å². The van der Waals surface area contributed by atoms with E-state index in [0.29, 0.717) is 20.1 Å². The first-order valence-corrected chi connectivity index (χ1v) is 5.33. The standard InChI is InChI=1S/C10H4Cl4/c11-7-2-1-5-6(3-10(7)14)9(13)4-8(5)12/h1-4H. The molecule has 0 N–H and O–H groups in total. The van der Waals surface area contributed by atoms with Crippen molar-refractivity contribution in [2.24, 2.45) is 0 Å². The molecule has 0 fully saturated rings. The molecule has 0 aromatic carbocycles. The Hall–Kier alpha value is -0.140. The Bertz CT molecular complexity index is 464. The normalized spacial score (nSPS) is 10.9. The first-order valence-electron chi connectivity index (χ1n) is 3.82. The number of fused-ring (bicyclic) bond motifs is 1. The topological polar surface area (TPSA) is 0 Å². The van der Waals surface area contributed by atoms with E-state index in [4.69, 9.17) is 46.4 Å². The average molecular weight is 266 g/mol. The van der Waals surface area contributed by atoms with E-state index in [9.17, 15) is 0 Å². The molecule has 0 aromatic rings. The molecule has 4 heteroatoms. The summed E-state index contributed by atoms with van der Waals surface area (Å²) < 4.78 is 0. The van der Waals surface area contributed by atoms with E-state index in [1.165, 1.54) is 0 Å². The molecular formula is C10H4Cl4. The Morgan fingerprint density at radius 1 is 0.571 bits per heavy atom. The van der Waals surface area contributed by atoms with Crippen LogP contribution < -0.4 is 0 Å². The first kappa shape index (κ1) is 10.4. The van der Waals surface area contributed by atoms with Crippen molar-refractivity contribution in [1.82, 2.24) is 0 Å². The summed E-state index contributed by atoms with van der Waals surface area (Å²) in [4.78, 5) is 0. The van der Waals surface area contributed by atoms with Crippen LogP contribution in [-0.2, 0) is 0 Å². The second-order valence-corrected chi connectivity index (χ2v) is 4.47. The zero-order valence-electron chi connectivity index (χ0n) is 6.82. The van der Waals surface area contributed by atoms with Crippen molar-refractivity contribution >= 4 is 46.4 Å². The van der Waals surface area contributed by atoms with Gasteiger partial charge in [0.2, 0.25) is 0 Å². The van der Waals surface area contributed by atoms with Crippen LogP contribution in [0.4, 0.5) is 0 Å². The van der Waals surface area contributed by atoms with Crippen LogP contribution in [0.3, 0.4) is 0 Å². The molecule has 0 heterocycles. The van der Waals surface area contributed by atoms with E-state index in [1.54, 1.807) is 24.3 Å². The highest BCUT2D eigenvalue weighted by atomic mass is 35.5. The molecule has 0 bridgehead atoms. The summed E-state index contributed by atoms with van der Waals surface area (Å²) in [5, 5.41) is 2.13. The third-order valence-corrected chi connectivity index (χ3v) is 3.32. The lowest BCUT2D eigenvalue weighted by atomic mass is 10.2. The van der Waals surface area contributed by atoms with E-state index < -0.39 is 0 Å². The Kier molecular flexibility index (Phi) is 2.81. The summed E-state index contributed by atoms with van der Waals surface area (Å²) in [6.07, 6.45) is 0. The third-order valence-electron chi connectivity index (χ3n) is 1.95. The van der Waals surface area contributed by atoms with Gasteiger partial charge in [-0.2, -0.15) is 0 Å². The molecule has 14 heavy (non-hydrogen) atoms. The smallest absolute Gasteiger partial charge is 0.0599 e. The van der Waals surface area contributed by atoms with Crippen LogP contribution in [0.25, 0.3) is 11.1 Å². The van der Waals surface area contributed by atoms with E-state index in [0.717, 1.165) is 11.1 Å². The zero-order valence-corrected chi connectivity index (χ0v) is 9.84. The molecule has 0 aliphatic heterocycles. The van der Waals surface area contributed by atoms with E-state index >= 15 is 0 Å². The fourth-order valence-electron chi connectivity index (χ4n) is 1.27. The van der Waals surface area contributed by atoms with Crippen molar-refractivity contribution in [2.45, 2.75) is 0 Å². The van der Waals surface area contributed by atoms with Gasteiger partial charge in [0, 0.05) is 21.2 Å². The van der Waals surface area contributed by atoms with Gasteiger partial charge in [-0.15, -0.1) is 0 Å². The molecule has 2 rings (SSSR count). The number of hydrogen-bond acceptors (Lipinski definition) is 0. The van der Waals surface area contributed by atoms with Crippen LogP contribution in [-0.4, -0.2) is 0 Å². The molecule has 72 valence electrons. The Morgan fingerprint density at radius 2 is 1.21 bits per heavy atom. The van der Waals surface area contributed by atoms with Crippen LogP contribution in [0.2, 0.25) is 20.1 Å². The third kappa shape index (κ3) is 1.68. The molecule has 2 aliphatic carbocycles.